The van der Waals surface area contributed by atoms with Gasteiger partial charge < -0.3 is 14.2 Å². The molecule has 0 atom stereocenters. The topological polar surface area (TPSA) is 44.8 Å². The first-order valence-corrected chi connectivity index (χ1v) is 8.75. The number of benzene rings is 2. The monoisotopic (exact) mass is 352 g/mol. The number of hydrogen-bond donors (Lipinski definition) is 0. The first-order valence-electron chi connectivity index (χ1n) is 8.75. The first-order chi connectivity index (χ1) is 12.4. The van der Waals surface area contributed by atoms with E-state index in [0.717, 1.165) is 16.7 Å². The summed E-state index contributed by atoms with van der Waals surface area (Å²) >= 11 is 0. The minimum absolute atomic E-state index is 0.0952. The Bertz CT molecular complexity index is 878. The minimum Gasteiger partial charge on any atom is -0.493 e. The van der Waals surface area contributed by atoms with Gasteiger partial charge in [0.2, 0.25) is 5.78 Å². The predicted octanol–water partition coefficient (Wildman–Crippen LogP) is 4.96. The average molecular weight is 352 g/mol. The molecule has 0 fully saturated rings. The zero-order valence-electron chi connectivity index (χ0n) is 15.9. The molecular formula is C22H24O4. The molecule has 0 bridgehead atoms. The Kier molecular flexibility index (Phi) is 5.03. The summed E-state index contributed by atoms with van der Waals surface area (Å²) in [6, 6.07) is 9.39. The molecule has 0 aliphatic carbocycles. The van der Waals surface area contributed by atoms with Crippen molar-refractivity contribution in [3.63, 3.8) is 0 Å². The van der Waals surface area contributed by atoms with Crippen molar-refractivity contribution in [2.45, 2.75) is 27.7 Å². The van der Waals surface area contributed by atoms with Crippen molar-refractivity contribution < 1.29 is 19.0 Å². The van der Waals surface area contributed by atoms with Crippen LogP contribution in [0.3, 0.4) is 0 Å². The number of Topliss-reactive ketones (excluding diaryl/α,β-unsaturated/α-hetero) is 1. The highest BCUT2D eigenvalue weighted by Gasteiger charge is 2.28. The van der Waals surface area contributed by atoms with Gasteiger partial charge in [-0.25, -0.2) is 0 Å². The van der Waals surface area contributed by atoms with Crippen LogP contribution in [-0.4, -0.2) is 19.5 Å². The quantitative estimate of drug-likeness (QED) is 0.713. The summed E-state index contributed by atoms with van der Waals surface area (Å²) in [7, 11) is 1.60. The molecule has 1 aliphatic rings. The van der Waals surface area contributed by atoms with Crippen LogP contribution in [0.15, 0.2) is 36.1 Å². The van der Waals surface area contributed by atoms with Gasteiger partial charge in [0.1, 0.15) is 5.75 Å². The summed E-state index contributed by atoms with van der Waals surface area (Å²) in [5, 5.41) is 0. The number of ketones is 1. The van der Waals surface area contributed by atoms with Crippen molar-refractivity contribution in [3.8, 4) is 17.2 Å². The lowest BCUT2D eigenvalue weighted by molar-refractivity contribution is 0.101. The first kappa shape index (κ1) is 18.1. The van der Waals surface area contributed by atoms with Crippen molar-refractivity contribution in [2.75, 3.05) is 13.7 Å². The van der Waals surface area contributed by atoms with E-state index in [0.29, 0.717) is 41.1 Å². The normalized spacial score (nSPS) is 14.5. The number of fused-ring (bicyclic) bond motifs is 1. The van der Waals surface area contributed by atoms with Gasteiger partial charge >= 0.3 is 0 Å². The van der Waals surface area contributed by atoms with Crippen molar-refractivity contribution in [2.24, 2.45) is 5.92 Å². The molecule has 0 N–H and O–H groups in total. The highest BCUT2D eigenvalue weighted by Crippen LogP contribution is 2.35. The van der Waals surface area contributed by atoms with E-state index in [-0.39, 0.29) is 5.78 Å². The molecule has 4 nitrogen and oxygen atoms in total. The molecule has 1 heterocycles. The highest BCUT2D eigenvalue weighted by molar-refractivity contribution is 6.14. The largest absolute Gasteiger partial charge is 0.493 e. The van der Waals surface area contributed by atoms with Crippen molar-refractivity contribution in [1.82, 2.24) is 0 Å². The van der Waals surface area contributed by atoms with E-state index < -0.39 is 0 Å². The number of carbonyl (C=O) groups excluding carboxylic acids is 1. The van der Waals surface area contributed by atoms with Crippen LogP contribution in [0.2, 0.25) is 0 Å². The van der Waals surface area contributed by atoms with Gasteiger partial charge in [0, 0.05) is 0 Å². The molecule has 0 radical (unpaired) electrons. The summed E-state index contributed by atoms with van der Waals surface area (Å²) in [4.78, 5) is 12.6. The van der Waals surface area contributed by atoms with Gasteiger partial charge in [-0.3, -0.25) is 4.79 Å². The van der Waals surface area contributed by atoms with E-state index in [1.165, 1.54) is 0 Å². The summed E-state index contributed by atoms with van der Waals surface area (Å²) in [5.41, 5.74) is 3.62. The summed E-state index contributed by atoms with van der Waals surface area (Å²) in [6.07, 6.45) is 1.74. The smallest absolute Gasteiger partial charge is 0.231 e. The zero-order chi connectivity index (χ0) is 18.8. The van der Waals surface area contributed by atoms with Crippen LogP contribution in [0.25, 0.3) is 6.08 Å². The second-order valence-electron chi connectivity index (χ2n) is 6.99. The fourth-order valence-corrected chi connectivity index (χ4v) is 2.75. The maximum atomic E-state index is 12.6. The Hall–Kier alpha value is -2.75. The molecule has 0 spiro atoms. The van der Waals surface area contributed by atoms with Crippen LogP contribution in [0, 0.1) is 19.8 Å². The van der Waals surface area contributed by atoms with Gasteiger partial charge in [0.05, 0.1) is 19.3 Å². The van der Waals surface area contributed by atoms with Crippen LogP contribution in [0.4, 0.5) is 0 Å². The third kappa shape index (κ3) is 3.59. The molecule has 136 valence electrons. The van der Waals surface area contributed by atoms with Gasteiger partial charge in [-0.2, -0.15) is 0 Å². The van der Waals surface area contributed by atoms with E-state index in [9.17, 15) is 4.79 Å². The number of hydrogen-bond acceptors (Lipinski definition) is 4. The van der Waals surface area contributed by atoms with Crippen LogP contribution < -0.4 is 14.2 Å². The van der Waals surface area contributed by atoms with Gasteiger partial charge in [-0.1, -0.05) is 19.9 Å². The molecule has 2 aromatic carbocycles. The SMILES string of the molecule is COc1cc(/C=C2\Oc3cc(C)c(C)cc3C2=O)ccc1OCC(C)C. The van der Waals surface area contributed by atoms with E-state index >= 15 is 0 Å². The highest BCUT2D eigenvalue weighted by atomic mass is 16.5. The van der Waals surface area contributed by atoms with Crippen molar-refractivity contribution >= 4 is 11.9 Å². The van der Waals surface area contributed by atoms with Crippen LogP contribution in [-0.2, 0) is 0 Å². The number of carbonyl (C=O) groups is 1. The fraction of sp³-hybridized carbons (Fsp3) is 0.318. The second-order valence-corrected chi connectivity index (χ2v) is 6.99. The summed E-state index contributed by atoms with van der Waals surface area (Å²) in [6.45, 7) is 8.80. The molecule has 1 aliphatic heterocycles. The Balaban J connectivity index is 1.87. The number of allylic oxidation sites excluding steroid dienone is 1. The average Bonchev–Trinajstić information content (AvgIpc) is 2.89. The third-order valence-corrected chi connectivity index (χ3v) is 4.34. The molecule has 26 heavy (non-hydrogen) atoms. The Morgan fingerprint density at radius 1 is 1.08 bits per heavy atom. The number of aryl methyl sites for hydroxylation is 2. The molecule has 0 amide bonds. The van der Waals surface area contributed by atoms with Crippen LogP contribution in [0.5, 0.6) is 17.2 Å². The van der Waals surface area contributed by atoms with Gasteiger partial charge in [0.25, 0.3) is 0 Å². The number of ether oxygens (including phenoxy) is 3. The van der Waals surface area contributed by atoms with Gasteiger partial charge in [-0.15, -0.1) is 0 Å². The van der Waals surface area contributed by atoms with Crippen LogP contribution in [0.1, 0.15) is 40.9 Å². The fourth-order valence-electron chi connectivity index (χ4n) is 2.75. The molecule has 2 aromatic rings. The standard InChI is InChI=1S/C22H24O4/c1-13(2)12-25-18-7-6-16(10-20(18)24-5)11-21-22(23)17-8-14(3)15(4)9-19(17)26-21/h6-11,13H,12H2,1-5H3/b21-11-. The summed E-state index contributed by atoms with van der Waals surface area (Å²) < 4.78 is 17.0. The predicted molar refractivity (Wildman–Crippen MR) is 102 cm³/mol. The Labute approximate surface area is 154 Å². The lowest BCUT2D eigenvalue weighted by Gasteiger charge is -2.13. The van der Waals surface area contributed by atoms with Crippen molar-refractivity contribution in [1.29, 1.82) is 0 Å². The second kappa shape index (κ2) is 7.24. The number of methoxy groups -OCH3 is 1. The molecular weight excluding hydrogens is 328 g/mol. The number of rotatable bonds is 5. The molecule has 3 rings (SSSR count). The van der Waals surface area contributed by atoms with E-state index in [2.05, 4.69) is 13.8 Å². The summed E-state index contributed by atoms with van der Waals surface area (Å²) in [5.74, 6) is 2.60. The maximum Gasteiger partial charge on any atom is 0.231 e. The van der Waals surface area contributed by atoms with E-state index in [1.807, 2.05) is 44.2 Å². The van der Waals surface area contributed by atoms with E-state index in [4.69, 9.17) is 14.2 Å². The minimum atomic E-state index is -0.0952. The molecule has 0 aromatic heterocycles. The van der Waals surface area contributed by atoms with Gasteiger partial charge in [0.15, 0.2) is 17.3 Å². The Morgan fingerprint density at radius 2 is 1.81 bits per heavy atom. The molecule has 4 heteroatoms. The molecule has 0 saturated carbocycles. The zero-order valence-corrected chi connectivity index (χ0v) is 15.9. The van der Waals surface area contributed by atoms with Gasteiger partial charge in [-0.05, 0) is 66.8 Å². The van der Waals surface area contributed by atoms with E-state index in [1.54, 1.807) is 13.2 Å². The van der Waals surface area contributed by atoms with Crippen LogP contribution >= 0.6 is 0 Å². The lowest BCUT2D eigenvalue weighted by Crippen LogP contribution is -2.05. The Morgan fingerprint density at radius 3 is 2.50 bits per heavy atom. The molecule has 0 unspecified atom stereocenters. The van der Waals surface area contributed by atoms with Crippen molar-refractivity contribution in [3.05, 3.63) is 58.3 Å². The lowest BCUT2D eigenvalue weighted by atomic mass is 10.0. The molecule has 0 saturated heterocycles. The maximum absolute atomic E-state index is 12.6. The third-order valence-electron chi connectivity index (χ3n) is 4.34.